The summed E-state index contributed by atoms with van der Waals surface area (Å²) in [5.41, 5.74) is -1.26. The van der Waals surface area contributed by atoms with Gasteiger partial charge in [-0.3, -0.25) is 5.21 Å². The van der Waals surface area contributed by atoms with Crippen molar-refractivity contribution < 1.29 is 67.4 Å². The van der Waals surface area contributed by atoms with Gasteiger partial charge in [0.05, 0.1) is 11.4 Å². The van der Waals surface area contributed by atoms with Gasteiger partial charge in [-0.15, -0.1) is 4.98 Å². The molecule has 0 fully saturated rings. The second-order valence-corrected chi connectivity index (χ2v) is 6.30. The van der Waals surface area contributed by atoms with Crippen LogP contribution >= 0.6 is 0 Å². The SMILES string of the molecule is [O-]N(O)c1ccccc1Nc1nc(OC(C(F)(F)F)C(F)(F)F)nc(OC(C(F)(F)F)C(F)(F)F)n1. The molecule has 1 heterocycles. The maximum atomic E-state index is 12.8. The quantitative estimate of drug-likeness (QED) is 0.361. The lowest BCUT2D eigenvalue weighted by molar-refractivity contribution is -0.302. The monoisotopic (exact) mass is 550 g/mol. The van der Waals surface area contributed by atoms with E-state index in [-0.39, 0.29) is 0 Å². The normalized spacial score (nSPS) is 13.2. The van der Waals surface area contributed by atoms with Crippen molar-refractivity contribution in [2.45, 2.75) is 36.9 Å². The summed E-state index contributed by atoms with van der Waals surface area (Å²) in [4.78, 5) is 8.39. The van der Waals surface area contributed by atoms with Gasteiger partial charge in [0.25, 0.3) is 12.2 Å². The lowest BCUT2D eigenvalue weighted by Gasteiger charge is -2.25. The van der Waals surface area contributed by atoms with E-state index in [0.29, 0.717) is 0 Å². The van der Waals surface area contributed by atoms with Crippen LogP contribution < -0.4 is 20.0 Å². The molecule has 0 saturated heterocycles. The Hall–Kier alpha value is -3.49. The second-order valence-electron chi connectivity index (χ2n) is 6.30. The van der Waals surface area contributed by atoms with Gasteiger partial charge in [-0.05, 0) is 12.1 Å². The summed E-state index contributed by atoms with van der Waals surface area (Å²) >= 11 is 0. The molecule has 0 saturated carbocycles. The van der Waals surface area contributed by atoms with Gasteiger partial charge in [-0.25, -0.2) is 0 Å². The van der Waals surface area contributed by atoms with Crippen LogP contribution in [0, 0.1) is 5.21 Å². The molecule has 0 amide bonds. The van der Waals surface area contributed by atoms with Gasteiger partial charge in [0.2, 0.25) is 5.95 Å². The number of halogens is 12. The highest BCUT2D eigenvalue weighted by molar-refractivity contribution is 5.72. The largest absolute Gasteiger partial charge is 0.733 e. The molecule has 9 nitrogen and oxygen atoms in total. The van der Waals surface area contributed by atoms with Crippen LogP contribution in [0.3, 0.4) is 0 Å². The minimum Gasteiger partial charge on any atom is -0.733 e. The van der Waals surface area contributed by atoms with Crippen LogP contribution in [0.15, 0.2) is 24.3 Å². The van der Waals surface area contributed by atoms with Crippen LogP contribution in [0.4, 0.5) is 70.0 Å². The Morgan fingerprint density at radius 3 is 1.47 bits per heavy atom. The van der Waals surface area contributed by atoms with E-state index in [4.69, 9.17) is 5.21 Å². The highest BCUT2D eigenvalue weighted by Crippen LogP contribution is 2.38. The second kappa shape index (κ2) is 9.87. The summed E-state index contributed by atoms with van der Waals surface area (Å²) in [6.45, 7) is 0. The van der Waals surface area contributed by atoms with E-state index in [9.17, 15) is 57.9 Å². The standard InChI is InChI=1S/C15H8F12N5O4/c16-12(17,18)7(13(19,20)21)35-10-29-9(28-5-3-1-2-4-6(5)32(33)34)30-11(31-10)36-8(14(22,23)24)15(25,26)27/h1-4,7-8,33H,(H,28,29,30,31)/q-1. The number of hydrogen-bond acceptors (Lipinski definition) is 9. The Bertz CT molecular complexity index is 961. The third-order valence-electron chi connectivity index (χ3n) is 3.59. The van der Waals surface area contributed by atoms with Crippen LogP contribution in [0.2, 0.25) is 0 Å². The van der Waals surface area contributed by atoms with E-state index in [1.54, 1.807) is 0 Å². The van der Waals surface area contributed by atoms with Gasteiger partial charge < -0.3 is 25.2 Å². The third kappa shape index (κ3) is 7.50. The number of ether oxygens (including phenoxy) is 2. The first-order chi connectivity index (χ1) is 16.2. The Labute approximate surface area is 189 Å². The highest BCUT2D eigenvalue weighted by Gasteiger charge is 2.61. The maximum Gasteiger partial charge on any atom is 0.434 e. The predicted octanol–water partition coefficient (Wildman–Crippen LogP) is 5.05. The summed E-state index contributed by atoms with van der Waals surface area (Å²) in [7, 11) is 0. The number of alkyl halides is 12. The van der Waals surface area contributed by atoms with E-state index in [2.05, 4.69) is 24.4 Å². The van der Waals surface area contributed by atoms with Gasteiger partial charge in [-0.1, -0.05) is 12.1 Å². The van der Waals surface area contributed by atoms with Gasteiger partial charge in [0.1, 0.15) is 0 Å². The molecule has 0 aliphatic carbocycles. The summed E-state index contributed by atoms with van der Waals surface area (Å²) in [5, 5.41) is 21.3. The maximum absolute atomic E-state index is 12.8. The molecular formula is C15H8F12N5O4-. The zero-order chi connectivity index (χ0) is 27.7. The van der Waals surface area contributed by atoms with Crippen LogP contribution in [-0.4, -0.2) is 57.1 Å². The van der Waals surface area contributed by atoms with E-state index in [1.807, 2.05) is 5.32 Å². The Kier molecular flexibility index (Phi) is 7.88. The van der Waals surface area contributed by atoms with Crippen molar-refractivity contribution in [3.8, 4) is 12.0 Å². The highest BCUT2D eigenvalue weighted by atomic mass is 19.4. The van der Waals surface area contributed by atoms with Gasteiger partial charge >= 0.3 is 36.7 Å². The fourth-order valence-corrected chi connectivity index (χ4v) is 2.22. The van der Waals surface area contributed by atoms with E-state index < -0.39 is 71.5 Å². The van der Waals surface area contributed by atoms with Crippen molar-refractivity contribution in [3.05, 3.63) is 29.5 Å². The van der Waals surface area contributed by atoms with Crippen molar-refractivity contribution in [2.75, 3.05) is 10.5 Å². The Morgan fingerprint density at radius 1 is 0.722 bits per heavy atom. The van der Waals surface area contributed by atoms with E-state index in [0.717, 1.165) is 24.3 Å². The Balaban J connectivity index is 2.60. The van der Waals surface area contributed by atoms with Gasteiger partial charge in [0.15, 0.2) is 0 Å². The van der Waals surface area contributed by atoms with Crippen LogP contribution in [0.1, 0.15) is 0 Å². The fourth-order valence-electron chi connectivity index (χ4n) is 2.22. The predicted molar refractivity (Wildman–Crippen MR) is 90.2 cm³/mol. The number of rotatable bonds is 7. The number of para-hydroxylation sites is 2. The molecule has 1 aromatic heterocycles. The molecule has 0 unspecified atom stereocenters. The fraction of sp³-hybridized carbons (Fsp3) is 0.400. The number of nitrogens with one attached hydrogen (secondary N) is 1. The molecule has 2 N–H and O–H groups in total. The first-order valence-electron chi connectivity index (χ1n) is 8.58. The molecule has 0 aliphatic rings. The van der Waals surface area contributed by atoms with E-state index in [1.165, 1.54) is 0 Å². The van der Waals surface area contributed by atoms with Crippen LogP contribution in [-0.2, 0) is 0 Å². The molecule has 2 rings (SSSR count). The zero-order valence-electron chi connectivity index (χ0n) is 16.5. The van der Waals surface area contributed by atoms with Crippen LogP contribution in [0.25, 0.3) is 0 Å². The molecule has 1 aromatic carbocycles. The Morgan fingerprint density at radius 2 is 1.11 bits per heavy atom. The average molecular weight is 550 g/mol. The summed E-state index contributed by atoms with van der Waals surface area (Å²) in [6, 6.07) is -0.0386. The number of aromatic nitrogens is 3. The molecule has 0 radical (unpaired) electrons. The number of hydrogen-bond donors (Lipinski definition) is 2. The number of anilines is 3. The molecular weight excluding hydrogens is 542 g/mol. The smallest absolute Gasteiger partial charge is 0.434 e. The van der Waals surface area contributed by atoms with Crippen molar-refractivity contribution >= 4 is 17.3 Å². The first-order valence-corrected chi connectivity index (χ1v) is 8.58. The average Bonchev–Trinajstić information content (AvgIpc) is 2.67. The summed E-state index contributed by atoms with van der Waals surface area (Å²) in [6.07, 6.45) is -34.1. The molecule has 36 heavy (non-hydrogen) atoms. The molecule has 0 spiro atoms. The van der Waals surface area contributed by atoms with Crippen LogP contribution in [0.5, 0.6) is 12.0 Å². The lowest BCUT2D eigenvalue weighted by atomic mass is 10.3. The third-order valence-corrected chi connectivity index (χ3v) is 3.59. The number of nitrogens with zero attached hydrogens (tertiary/aromatic N) is 4. The van der Waals surface area contributed by atoms with Gasteiger partial charge in [-0.2, -0.15) is 62.7 Å². The van der Waals surface area contributed by atoms with Crippen molar-refractivity contribution in [1.82, 2.24) is 15.0 Å². The first kappa shape index (κ1) is 28.7. The molecule has 2 aromatic rings. The van der Waals surface area contributed by atoms with Crippen molar-refractivity contribution in [3.63, 3.8) is 0 Å². The summed E-state index contributed by atoms with van der Waals surface area (Å²) in [5.74, 6) is -1.34. The molecule has 0 aliphatic heterocycles. The zero-order valence-corrected chi connectivity index (χ0v) is 16.5. The molecule has 202 valence electrons. The molecule has 0 atom stereocenters. The van der Waals surface area contributed by atoms with Gasteiger partial charge in [0, 0.05) is 0 Å². The molecule has 0 bridgehead atoms. The van der Waals surface area contributed by atoms with E-state index >= 15 is 0 Å². The minimum absolute atomic E-state index is 0.565. The topological polar surface area (TPSA) is 116 Å². The summed E-state index contributed by atoms with van der Waals surface area (Å²) < 4.78 is 161. The van der Waals surface area contributed by atoms with Crippen molar-refractivity contribution in [2.24, 2.45) is 0 Å². The minimum atomic E-state index is -6.19. The number of benzene rings is 1. The molecule has 21 heteroatoms. The van der Waals surface area contributed by atoms with Crippen molar-refractivity contribution in [1.29, 1.82) is 0 Å². The lowest BCUT2D eigenvalue weighted by Crippen LogP contribution is -2.47.